The SMILES string of the molecule is C=O.ONOCCCCOc1ccccc1. The van der Waals surface area contributed by atoms with Gasteiger partial charge in [0.25, 0.3) is 0 Å². The molecule has 0 unspecified atom stereocenters. The molecule has 0 aliphatic carbocycles. The molecule has 5 nitrogen and oxygen atoms in total. The minimum Gasteiger partial charge on any atom is -0.494 e. The molecule has 0 aliphatic heterocycles. The fourth-order valence-corrected chi connectivity index (χ4v) is 1.03. The lowest BCUT2D eigenvalue weighted by Crippen LogP contribution is -2.10. The van der Waals surface area contributed by atoms with Crippen molar-refractivity contribution in [2.24, 2.45) is 0 Å². The summed E-state index contributed by atoms with van der Waals surface area (Å²) < 4.78 is 5.45. The van der Waals surface area contributed by atoms with Crippen molar-refractivity contribution < 1.29 is 19.6 Å². The Morgan fingerprint density at radius 1 is 1.12 bits per heavy atom. The Hall–Kier alpha value is -1.43. The quantitative estimate of drug-likeness (QED) is 0.546. The molecule has 0 aromatic heterocycles. The Labute approximate surface area is 94.9 Å². The minimum absolute atomic E-state index is 0.481. The van der Waals surface area contributed by atoms with E-state index < -0.39 is 0 Å². The van der Waals surface area contributed by atoms with Gasteiger partial charge in [-0.2, -0.15) is 0 Å². The molecule has 5 heteroatoms. The Bertz CT molecular complexity index is 243. The number of rotatable bonds is 7. The molecule has 0 aliphatic rings. The molecule has 0 saturated heterocycles. The summed E-state index contributed by atoms with van der Waals surface area (Å²) in [6.45, 7) is 3.15. The van der Waals surface area contributed by atoms with Crippen molar-refractivity contribution >= 4 is 6.79 Å². The molecule has 90 valence electrons. The van der Waals surface area contributed by atoms with E-state index in [4.69, 9.17) is 14.7 Å². The predicted molar refractivity (Wildman–Crippen MR) is 59.2 cm³/mol. The summed E-state index contributed by atoms with van der Waals surface area (Å²) in [5.41, 5.74) is 1.64. The van der Waals surface area contributed by atoms with Gasteiger partial charge in [0, 0.05) is 0 Å². The summed E-state index contributed by atoms with van der Waals surface area (Å²) in [5.74, 6) is 0.883. The van der Waals surface area contributed by atoms with Crippen LogP contribution in [0.3, 0.4) is 0 Å². The number of ether oxygens (including phenoxy) is 1. The number of hydrogen-bond acceptors (Lipinski definition) is 5. The second-order valence-corrected chi connectivity index (χ2v) is 2.81. The fraction of sp³-hybridized carbons (Fsp3) is 0.364. The number of carbonyl (C=O) groups is 1. The largest absolute Gasteiger partial charge is 0.494 e. The summed E-state index contributed by atoms with van der Waals surface area (Å²) in [6, 6.07) is 9.67. The Morgan fingerprint density at radius 3 is 2.38 bits per heavy atom. The third-order valence-electron chi connectivity index (χ3n) is 1.72. The summed E-state index contributed by atoms with van der Waals surface area (Å²) in [5, 5.41) is 8.10. The van der Waals surface area contributed by atoms with Crippen molar-refractivity contribution in [3.05, 3.63) is 30.3 Å². The zero-order chi connectivity index (χ0) is 12.1. The van der Waals surface area contributed by atoms with E-state index in [-0.39, 0.29) is 0 Å². The third kappa shape index (κ3) is 7.93. The van der Waals surface area contributed by atoms with E-state index in [2.05, 4.69) is 4.84 Å². The molecular formula is C11H17NO4. The normalized spacial score (nSPS) is 9.06. The second kappa shape index (κ2) is 11.6. The average molecular weight is 227 g/mol. The van der Waals surface area contributed by atoms with Gasteiger partial charge in [0.1, 0.15) is 12.5 Å². The first-order valence-electron chi connectivity index (χ1n) is 4.91. The van der Waals surface area contributed by atoms with E-state index in [1.807, 2.05) is 37.1 Å². The summed E-state index contributed by atoms with van der Waals surface area (Å²) in [4.78, 5) is 12.5. The van der Waals surface area contributed by atoms with Crippen molar-refractivity contribution in [3.8, 4) is 5.75 Å². The topological polar surface area (TPSA) is 67.8 Å². The summed E-state index contributed by atoms with van der Waals surface area (Å²) >= 11 is 0. The lowest BCUT2D eigenvalue weighted by atomic mass is 10.3. The van der Waals surface area contributed by atoms with Crippen LogP contribution in [0.4, 0.5) is 0 Å². The number of nitrogens with one attached hydrogen (secondary N) is 1. The van der Waals surface area contributed by atoms with Crippen molar-refractivity contribution in [1.82, 2.24) is 5.64 Å². The molecule has 1 rings (SSSR count). The number of para-hydroxylation sites is 1. The monoisotopic (exact) mass is 227 g/mol. The molecule has 0 fully saturated rings. The number of carbonyl (C=O) groups excluding carboxylic acids is 1. The van der Waals surface area contributed by atoms with Crippen LogP contribution in [0.25, 0.3) is 0 Å². The molecule has 16 heavy (non-hydrogen) atoms. The molecule has 0 saturated carbocycles. The van der Waals surface area contributed by atoms with Crippen LogP contribution in [0.2, 0.25) is 0 Å². The molecule has 0 bridgehead atoms. The van der Waals surface area contributed by atoms with Crippen molar-refractivity contribution in [2.45, 2.75) is 12.8 Å². The van der Waals surface area contributed by atoms with E-state index in [1.54, 1.807) is 5.64 Å². The van der Waals surface area contributed by atoms with Crippen LogP contribution in [0.1, 0.15) is 12.8 Å². The van der Waals surface area contributed by atoms with Gasteiger partial charge in [0.2, 0.25) is 0 Å². The molecule has 1 aromatic rings. The maximum absolute atomic E-state index is 8.10. The molecule has 0 spiro atoms. The van der Waals surface area contributed by atoms with Crippen molar-refractivity contribution in [2.75, 3.05) is 13.2 Å². The van der Waals surface area contributed by atoms with Gasteiger partial charge in [-0.3, -0.25) is 10.0 Å². The zero-order valence-electron chi connectivity index (χ0n) is 9.09. The van der Waals surface area contributed by atoms with Crippen LogP contribution >= 0.6 is 0 Å². The Balaban J connectivity index is 0.00000106. The fourth-order valence-electron chi connectivity index (χ4n) is 1.03. The first kappa shape index (κ1) is 14.6. The smallest absolute Gasteiger partial charge is 0.119 e. The van der Waals surface area contributed by atoms with Crippen LogP contribution in [0.15, 0.2) is 30.3 Å². The maximum atomic E-state index is 8.10. The van der Waals surface area contributed by atoms with Crippen LogP contribution < -0.4 is 10.4 Å². The van der Waals surface area contributed by atoms with Gasteiger partial charge >= 0.3 is 0 Å². The molecule has 2 N–H and O–H groups in total. The molecule has 0 amide bonds. The van der Waals surface area contributed by atoms with E-state index in [1.165, 1.54) is 0 Å². The maximum Gasteiger partial charge on any atom is 0.119 e. The van der Waals surface area contributed by atoms with E-state index in [0.29, 0.717) is 13.2 Å². The first-order valence-corrected chi connectivity index (χ1v) is 4.91. The third-order valence-corrected chi connectivity index (χ3v) is 1.72. The van der Waals surface area contributed by atoms with Crippen LogP contribution in [-0.4, -0.2) is 25.2 Å². The van der Waals surface area contributed by atoms with Gasteiger partial charge in [-0.1, -0.05) is 23.8 Å². The second-order valence-electron chi connectivity index (χ2n) is 2.81. The molecule has 0 heterocycles. The van der Waals surface area contributed by atoms with E-state index in [0.717, 1.165) is 18.6 Å². The van der Waals surface area contributed by atoms with Crippen LogP contribution in [-0.2, 0) is 9.63 Å². The highest BCUT2D eigenvalue weighted by Gasteiger charge is 1.92. The highest BCUT2D eigenvalue weighted by atomic mass is 16.8. The van der Waals surface area contributed by atoms with E-state index in [9.17, 15) is 0 Å². The lowest BCUT2D eigenvalue weighted by molar-refractivity contribution is -0.127. The van der Waals surface area contributed by atoms with Gasteiger partial charge in [0.15, 0.2) is 0 Å². The summed E-state index contributed by atoms with van der Waals surface area (Å²) in [6.07, 6.45) is 1.75. The number of unbranched alkanes of at least 4 members (excludes halogenated alkanes) is 1. The lowest BCUT2D eigenvalue weighted by Gasteiger charge is -2.05. The molecular weight excluding hydrogens is 210 g/mol. The van der Waals surface area contributed by atoms with Crippen LogP contribution in [0, 0.1) is 0 Å². The Morgan fingerprint density at radius 2 is 1.75 bits per heavy atom. The highest BCUT2D eigenvalue weighted by molar-refractivity contribution is 5.20. The minimum atomic E-state index is 0.481. The standard InChI is InChI=1S/C10H15NO3.CH2O/c12-11-14-9-5-4-8-13-10-6-2-1-3-7-10;1-2/h1-3,6-7,11-12H,4-5,8-9H2;1H2. The van der Waals surface area contributed by atoms with Gasteiger partial charge in [-0.25, -0.2) is 0 Å². The van der Waals surface area contributed by atoms with Gasteiger partial charge in [-0.15, -0.1) is 0 Å². The van der Waals surface area contributed by atoms with Gasteiger partial charge < -0.3 is 9.53 Å². The number of hydrogen-bond donors (Lipinski definition) is 2. The van der Waals surface area contributed by atoms with E-state index >= 15 is 0 Å². The molecule has 0 radical (unpaired) electrons. The first-order chi connectivity index (χ1) is 7.93. The molecule has 1 aromatic carbocycles. The van der Waals surface area contributed by atoms with Crippen molar-refractivity contribution in [3.63, 3.8) is 0 Å². The highest BCUT2D eigenvalue weighted by Crippen LogP contribution is 2.08. The average Bonchev–Trinajstić information content (AvgIpc) is 2.37. The zero-order valence-corrected chi connectivity index (χ0v) is 9.09. The molecule has 0 atom stereocenters. The van der Waals surface area contributed by atoms with Gasteiger partial charge in [0.05, 0.1) is 13.2 Å². The number of benzene rings is 1. The van der Waals surface area contributed by atoms with Crippen molar-refractivity contribution in [1.29, 1.82) is 0 Å². The van der Waals surface area contributed by atoms with Gasteiger partial charge in [-0.05, 0) is 25.0 Å². The summed E-state index contributed by atoms with van der Waals surface area (Å²) in [7, 11) is 0. The predicted octanol–water partition coefficient (Wildman–Crippen LogP) is 1.57. The Kier molecular flexibility index (Phi) is 10.6. The van der Waals surface area contributed by atoms with Crippen LogP contribution in [0.5, 0.6) is 5.75 Å².